The predicted molar refractivity (Wildman–Crippen MR) is 168 cm³/mol. The van der Waals surface area contributed by atoms with E-state index in [0.29, 0.717) is 25.2 Å². The van der Waals surface area contributed by atoms with Crippen LogP contribution in [-0.4, -0.2) is 173 Å². The number of anilines is 1. The Morgan fingerprint density at radius 1 is 0.846 bits per heavy atom. The molecule has 308 valence electrons. The summed E-state index contributed by atoms with van der Waals surface area (Å²) in [5.74, 6) is 0.0125. The Kier molecular flexibility index (Phi) is 23.5. The van der Waals surface area contributed by atoms with Crippen molar-refractivity contribution in [3.8, 4) is 0 Å². The Labute approximate surface area is 297 Å². The van der Waals surface area contributed by atoms with Gasteiger partial charge in [0.05, 0.1) is 68.5 Å². The van der Waals surface area contributed by atoms with E-state index >= 15 is 0 Å². The number of hydrogen-bond donors (Lipinski definition) is 11. The van der Waals surface area contributed by atoms with E-state index in [-0.39, 0.29) is 38.6 Å². The van der Waals surface area contributed by atoms with Crippen molar-refractivity contribution in [2.75, 3.05) is 44.3 Å². The number of H-pyrrole nitrogens is 1. The van der Waals surface area contributed by atoms with Crippen molar-refractivity contribution in [2.45, 2.75) is 74.6 Å². The number of nitrogens with two attached hydrogens (primary N) is 3. The lowest BCUT2D eigenvalue weighted by atomic mass is 10.2. The largest absolute Gasteiger partial charge is 0.748 e. The fourth-order valence-electron chi connectivity index (χ4n) is 3.71. The number of aliphatic hydroxyl groups is 6. The second-order valence-electron chi connectivity index (χ2n) is 10.6. The monoisotopic (exact) mass is 823 g/mol. The van der Waals surface area contributed by atoms with Crippen LogP contribution in [-0.2, 0) is 44.6 Å². The first kappa shape index (κ1) is 51.3. The lowest BCUT2D eigenvalue weighted by Crippen LogP contribution is -2.55. The van der Waals surface area contributed by atoms with Crippen LogP contribution >= 0.6 is 0 Å². The summed E-state index contributed by atoms with van der Waals surface area (Å²) in [5.41, 5.74) is 15.0. The van der Waals surface area contributed by atoms with Crippen LogP contribution in [0.2, 0.25) is 0 Å². The number of hydrogen-bond acceptors (Lipinski definition) is 23. The van der Waals surface area contributed by atoms with Gasteiger partial charge in [0.25, 0.3) is 0 Å². The highest BCUT2D eigenvalue weighted by molar-refractivity contribution is 7.85. The van der Waals surface area contributed by atoms with Crippen molar-refractivity contribution in [2.24, 2.45) is 11.5 Å². The summed E-state index contributed by atoms with van der Waals surface area (Å²) in [4.78, 5) is 27.9. The summed E-state index contributed by atoms with van der Waals surface area (Å²) >= 11 is 0. The summed E-state index contributed by atoms with van der Waals surface area (Å²) in [6.45, 7) is -0.717. The van der Waals surface area contributed by atoms with Gasteiger partial charge in [-0.15, -0.1) is 0 Å². The Bertz CT molecular complexity index is 1490. The molecule has 0 aliphatic carbocycles. The van der Waals surface area contributed by atoms with E-state index < -0.39 is 97.4 Å². The molecule has 0 radical (unpaired) electrons. The lowest BCUT2D eigenvalue weighted by molar-refractivity contribution is -0.776. The number of primary amides is 1. The van der Waals surface area contributed by atoms with Gasteiger partial charge in [0.15, 0.2) is 6.23 Å². The number of nitrogen functional groups attached to an aromatic ring is 1. The van der Waals surface area contributed by atoms with Crippen LogP contribution in [0.4, 0.5) is 10.7 Å². The molecule has 4 heterocycles. The number of rotatable bonds is 5. The highest BCUT2D eigenvalue weighted by Crippen LogP contribution is 2.23. The van der Waals surface area contributed by atoms with Crippen LogP contribution in [0.25, 0.3) is 0 Å². The molecule has 0 bridgehead atoms. The van der Waals surface area contributed by atoms with Gasteiger partial charge in [-0.2, -0.15) is 9.55 Å². The molecule has 0 saturated carbocycles. The molecule has 0 aromatic carbocycles. The van der Waals surface area contributed by atoms with Gasteiger partial charge in [-0.3, -0.25) is 0 Å². The minimum absolute atomic E-state index is 0.0125. The van der Waals surface area contributed by atoms with Gasteiger partial charge in [0.2, 0.25) is 6.33 Å². The molecule has 0 spiro atoms. The molecule has 3 aliphatic heterocycles. The number of urea groups is 1. The molecule has 14 N–H and O–H groups in total. The van der Waals surface area contributed by atoms with Gasteiger partial charge in [-0.05, 0) is 0 Å². The molecule has 1 aromatic rings. The molecule has 2 amide bonds. The fourth-order valence-corrected chi connectivity index (χ4v) is 3.71. The van der Waals surface area contributed by atoms with E-state index in [1.54, 1.807) is 0 Å². The normalized spacial score (nSPS) is 28.1. The van der Waals surface area contributed by atoms with Crippen molar-refractivity contribution in [3.63, 3.8) is 0 Å². The predicted octanol–water partition coefficient (Wildman–Crippen LogP) is -8.70. The summed E-state index contributed by atoms with van der Waals surface area (Å²) < 4.78 is 98.1. The molecule has 3 saturated heterocycles. The molecule has 4 rings (SSSR count). The number of aromatic amines is 1. The maximum Gasteiger partial charge on any atom is 0.446 e. The van der Waals surface area contributed by atoms with Crippen molar-refractivity contribution in [3.05, 3.63) is 16.8 Å². The van der Waals surface area contributed by atoms with E-state index in [9.17, 15) is 19.8 Å². The average molecular weight is 824 g/mol. The molecule has 3 fully saturated rings. The third-order valence-electron chi connectivity index (χ3n) is 5.62. The number of aromatic nitrogens is 3. The topological polar surface area (TPSA) is 477 Å². The highest BCUT2D eigenvalue weighted by Gasteiger charge is 2.37. The minimum atomic E-state index is -3.92. The average Bonchev–Trinajstić information content (AvgIpc) is 3.60. The maximum atomic E-state index is 11.5. The van der Waals surface area contributed by atoms with Crippen LogP contribution in [0.15, 0.2) is 11.1 Å². The van der Waals surface area contributed by atoms with E-state index in [0.717, 1.165) is 0 Å². The molecule has 30 heteroatoms. The SMILES string of the molecule is CS(=O)(=O)[O-].CS(=O)(=O)[O-].CS(=O)(=O)[O-].NC(=O)N[C@H]1CC(O)[C@@H](CO)O1.N[C@H]1CC(O)[C@@H](CO)O1.Nc1nc[n+]([C@H]2CC(O)[C@@H](CO)O2)c(=O)[nH]1. The molecule has 3 unspecified atom stereocenters. The third kappa shape index (κ3) is 27.8. The zero-order chi connectivity index (χ0) is 41.2. The first-order valence-corrected chi connectivity index (χ1v) is 19.6. The number of amides is 2. The van der Waals surface area contributed by atoms with E-state index in [2.05, 4.69) is 15.3 Å². The lowest BCUT2D eigenvalue weighted by Gasteiger charge is -2.11. The molecular weight excluding hydrogens is 778 g/mol. The van der Waals surface area contributed by atoms with Gasteiger partial charge in [-0.25, -0.2) is 34.8 Å². The zero-order valence-electron chi connectivity index (χ0n) is 27.8. The zero-order valence-corrected chi connectivity index (χ0v) is 30.2. The number of nitrogens with one attached hydrogen (secondary N) is 2. The quantitative estimate of drug-likeness (QED) is 0.0970. The van der Waals surface area contributed by atoms with Gasteiger partial charge in [0, 0.05) is 38.0 Å². The second kappa shape index (κ2) is 23.8. The van der Waals surface area contributed by atoms with Crippen molar-refractivity contribution in [1.82, 2.24) is 15.3 Å². The van der Waals surface area contributed by atoms with Crippen LogP contribution in [0.5, 0.6) is 0 Å². The minimum Gasteiger partial charge on any atom is -0.748 e. The van der Waals surface area contributed by atoms with E-state index in [1.165, 1.54) is 10.9 Å². The Hall–Kier alpha value is -2.79. The third-order valence-corrected chi connectivity index (χ3v) is 5.62. The van der Waals surface area contributed by atoms with Gasteiger partial charge in [0.1, 0.15) is 30.8 Å². The standard InChI is InChI=1S/C8H12N4O4.C6H12N2O4.C5H11NO3.3CH4O3S/c9-7-10-3-12(8(15)11-7)6-1-4(14)5(2-13)16-6;7-6(11)8-5-1-3(10)4(2-9)12-5;6-5-1-3(8)4(2-7)9-5;3*1-5(2,3)4/h3-6,13-14H,1-2H2,(H2,9,11,15);3-5,9-10H,1-2H2,(H3,7,8,11);3-5,7-8H,1-2,6H2;3*1H3,(H,2,3,4)/p-2/t4?,5-,6-;2*3?,4-,5-;;;/m111.../s1. The maximum absolute atomic E-state index is 11.5. The molecule has 3 aliphatic rings. The number of aliphatic hydroxyl groups excluding tert-OH is 6. The van der Waals surface area contributed by atoms with Gasteiger partial charge < -0.3 is 81.0 Å². The molecule has 9 atom stereocenters. The van der Waals surface area contributed by atoms with Crippen molar-refractivity contribution >= 4 is 42.3 Å². The second-order valence-corrected chi connectivity index (χ2v) is 14.8. The summed E-state index contributed by atoms with van der Waals surface area (Å²) in [6, 6.07) is -0.703. The first-order valence-electron chi connectivity index (χ1n) is 14.1. The summed E-state index contributed by atoms with van der Waals surface area (Å²) in [6.07, 6.45) is -1.56. The van der Waals surface area contributed by atoms with E-state index in [1.807, 2.05) is 0 Å². The van der Waals surface area contributed by atoms with Crippen LogP contribution in [0, 0.1) is 0 Å². The smallest absolute Gasteiger partial charge is 0.446 e. The Morgan fingerprint density at radius 3 is 1.54 bits per heavy atom. The summed E-state index contributed by atoms with van der Waals surface area (Å²) in [5, 5.41) is 56.1. The Morgan fingerprint density at radius 2 is 1.23 bits per heavy atom. The number of carbonyl (C=O) groups excluding carboxylic acids is 1. The molecule has 52 heavy (non-hydrogen) atoms. The van der Waals surface area contributed by atoms with Crippen LogP contribution in [0.3, 0.4) is 0 Å². The number of carbonyl (C=O) groups is 1. The molecular formula is C22H45N7O20S3-2. The van der Waals surface area contributed by atoms with Crippen LogP contribution in [0.1, 0.15) is 25.5 Å². The van der Waals surface area contributed by atoms with Crippen molar-refractivity contribution < 1.29 is 93.1 Å². The highest BCUT2D eigenvalue weighted by atomic mass is 32.2. The van der Waals surface area contributed by atoms with Crippen LogP contribution < -0.4 is 32.8 Å². The fraction of sp³-hybridized carbons (Fsp3) is 0.818. The first-order chi connectivity index (χ1) is 23.5. The molecule has 27 nitrogen and oxygen atoms in total. The number of ether oxygens (including phenoxy) is 3. The Balaban J connectivity index is 0. The summed E-state index contributed by atoms with van der Waals surface area (Å²) in [7, 11) is -11.8. The van der Waals surface area contributed by atoms with Gasteiger partial charge in [-0.1, -0.05) is 4.98 Å². The van der Waals surface area contributed by atoms with Crippen molar-refractivity contribution in [1.29, 1.82) is 0 Å². The number of nitrogens with zero attached hydrogens (tertiary/aromatic N) is 2. The van der Waals surface area contributed by atoms with Gasteiger partial charge >= 0.3 is 17.7 Å². The molecule has 1 aromatic heterocycles. The van der Waals surface area contributed by atoms with E-state index in [4.69, 9.17) is 90.7 Å².